The zero-order valence-corrected chi connectivity index (χ0v) is 10.9. The van der Waals surface area contributed by atoms with Crippen LogP contribution < -0.4 is 10.1 Å². The second kappa shape index (κ2) is 6.65. The number of anilines is 1. The van der Waals surface area contributed by atoms with Crippen LogP contribution in [-0.2, 0) is 4.74 Å². The number of halogens is 2. The van der Waals surface area contributed by atoms with Crippen LogP contribution in [0.25, 0.3) is 0 Å². The maximum absolute atomic E-state index is 13.6. The standard InChI is InChI=1S/C13H18F2N2O2/c1-2-5-16-12-10(14)8-11(15)13(17-12)19-9-3-6-18-7-4-9/h8-9H,2-7H2,1H3,(H,16,17). The lowest BCUT2D eigenvalue weighted by Crippen LogP contribution is -2.26. The lowest BCUT2D eigenvalue weighted by Gasteiger charge is -2.23. The fraction of sp³-hybridized carbons (Fsp3) is 0.615. The first-order chi connectivity index (χ1) is 9.20. The summed E-state index contributed by atoms with van der Waals surface area (Å²) in [4.78, 5) is 3.88. The highest BCUT2D eigenvalue weighted by Crippen LogP contribution is 2.23. The number of nitrogens with one attached hydrogen (secondary N) is 1. The Morgan fingerprint density at radius 2 is 2.11 bits per heavy atom. The minimum atomic E-state index is -0.772. The van der Waals surface area contributed by atoms with Gasteiger partial charge in [0.15, 0.2) is 17.5 Å². The second-order valence-electron chi connectivity index (χ2n) is 4.46. The Balaban J connectivity index is 2.09. The van der Waals surface area contributed by atoms with Crippen LogP contribution in [0.1, 0.15) is 26.2 Å². The summed E-state index contributed by atoms with van der Waals surface area (Å²) in [5, 5.41) is 2.81. The summed E-state index contributed by atoms with van der Waals surface area (Å²) in [7, 11) is 0. The SMILES string of the molecule is CCCNc1nc(OC2CCOCC2)c(F)cc1F. The molecule has 2 rings (SSSR count). The van der Waals surface area contributed by atoms with Gasteiger partial charge in [-0.15, -0.1) is 0 Å². The zero-order valence-electron chi connectivity index (χ0n) is 10.9. The van der Waals surface area contributed by atoms with Gasteiger partial charge in [0, 0.05) is 25.5 Å². The summed E-state index contributed by atoms with van der Waals surface area (Å²) < 4.78 is 37.8. The minimum Gasteiger partial charge on any atom is -0.472 e. The molecule has 1 aliphatic heterocycles. The Kier molecular flexibility index (Phi) is 4.90. The van der Waals surface area contributed by atoms with Gasteiger partial charge in [0.25, 0.3) is 5.88 Å². The van der Waals surface area contributed by atoms with E-state index >= 15 is 0 Å². The Labute approximate surface area is 111 Å². The van der Waals surface area contributed by atoms with E-state index in [0.717, 1.165) is 12.5 Å². The average molecular weight is 272 g/mol. The molecule has 106 valence electrons. The van der Waals surface area contributed by atoms with Crippen LogP contribution in [0.2, 0.25) is 0 Å². The molecule has 0 radical (unpaired) electrons. The fourth-order valence-corrected chi connectivity index (χ4v) is 1.85. The van der Waals surface area contributed by atoms with Gasteiger partial charge in [-0.25, -0.2) is 8.78 Å². The van der Waals surface area contributed by atoms with Gasteiger partial charge in [-0.2, -0.15) is 4.98 Å². The van der Waals surface area contributed by atoms with Crippen LogP contribution in [0.5, 0.6) is 5.88 Å². The first-order valence-corrected chi connectivity index (χ1v) is 6.55. The third-order valence-electron chi connectivity index (χ3n) is 2.89. The van der Waals surface area contributed by atoms with Gasteiger partial charge in [0.2, 0.25) is 0 Å². The summed E-state index contributed by atoms with van der Waals surface area (Å²) in [6.07, 6.45) is 2.08. The first kappa shape index (κ1) is 14.0. The molecule has 1 saturated heterocycles. The van der Waals surface area contributed by atoms with E-state index in [1.165, 1.54) is 0 Å². The quantitative estimate of drug-likeness (QED) is 0.895. The molecule has 0 amide bonds. The Morgan fingerprint density at radius 1 is 1.37 bits per heavy atom. The van der Waals surface area contributed by atoms with Crippen molar-refractivity contribution < 1.29 is 18.3 Å². The fourth-order valence-electron chi connectivity index (χ4n) is 1.85. The van der Waals surface area contributed by atoms with E-state index in [2.05, 4.69) is 10.3 Å². The van der Waals surface area contributed by atoms with E-state index in [1.54, 1.807) is 0 Å². The van der Waals surface area contributed by atoms with Crippen molar-refractivity contribution in [1.29, 1.82) is 0 Å². The summed E-state index contributed by atoms with van der Waals surface area (Å²) in [6.45, 7) is 3.71. The highest BCUT2D eigenvalue weighted by atomic mass is 19.1. The molecule has 0 unspecified atom stereocenters. The van der Waals surface area contributed by atoms with Gasteiger partial charge in [-0.05, 0) is 6.42 Å². The second-order valence-corrected chi connectivity index (χ2v) is 4.46. The van der Waals surface area contributed by atoms with Crippen molar-refractivity contribution >= 4 is 5.82 Å². The Bertz CT molecular complexity index is 423. The molecule has 0 saturated carbocycles. The van der Waals surface area contributed by atoms with Gasteiger partial charge >= 0.3 is 0 Å². The molecule has 1 N–H and O–H groups in total. The van der Waals surface area contributed by atoms with Gasteiger partial charge < -0.3 is 14.8 Å². The third kappa shape index (κ3) is 3.76. The molecule has 1 aliphatic rings. The highest BCUT2D eigenvalue weighted by Gasteiger charge is 2.19. The largest absolute Gasteiger partial charge is 0.472 e. The monoisotopic (exact) mass is 272 g/mol. The molecular formula is C13H18F2N2O2. The van der Waals surface area contributed by atoms with Crippen LogP contribution in [0, 0.1) is 11.6 Å². The molecule has 2 heterocycles. The van der Waals surface area contributed by atoms with E-state index in [4.69, 9.17) is 9.47 Å². The number of ether oxygens (including phenoxy) is 2. The van der Waals surface area contributed by atoms with Crippen molar-refractivity contribution in [2.24, 2.45) is 0 Å². The molecule has 0 aromatic carbocycles. The smallest absolute Gasteiger partial charge is 0.252 e. The van der Waals surface area contributed by atoms with E-state index in [1.807, 2.05) is 6.92 Å². The summed E-state index contributed by atoms with van der Waals surface area (Å²) in [6, 6.07) is 0.805. The number of hydrogen-bond acceptors (Lipinski definition) is 4. The van der Waals surface area contributed by atoms with Crippen molar-refractivity contribution in [1.82, 2.24) is 4.98 Å². The van der Waals surface area contributed by atoms with Crippen LogP contribution in [0.4, 0.5) is 14.6 Å². The lowest BCUT2D eigenvalue weighted by molar-refractivity contribution is 0.0220. The van der Waals surface area contributed by atoms with Crippen molar-refractivity contribution in [3.63, 3.8) is 0 Å². The summed E-state index contributed by atoms with van der Waals surface area (Å²) in [5.74, 6) is -1.59. The van der Waals surface area contributed by atoms with Crippen molar-refractivity contribution in [3.05, 3.63) is 17.7 Å². The van der Waals surface area contributed by atoms with Crippen LogP contribution in [0.3, 0.4) is 0 Å². The molecule has 0 atom stereocenters. The average Bonchev–Trinajstić information content (AvgIpc) is 2.42. The molecule has 1 fully saturated rings. The van der Waals surface area contributed by atoms with Gasteiger partial charge in [-0.1, -0.05) is 6.92 Å². The molecule has 0 bridgehead atoms. The van der Waals surface area contributed by atoms with Gasteiger partial charge in [-0.3, -0.25) is 0 Å². The molecule has 0 aliphatic carbocycles. The number of aromatic nitrogens is 1. The van der Waals surface area contributed by atoms with Crippen molar-refractivity contribution in [2.75, 3.05) is 25.1 Å². The maximum Gasteiger partial charge on any atom is 0.252 e. The van der Waals surface area contributed by atoms with E-state index < -0.39 is 11.6 Å². The van der Waals surface area contributed by atoms with Gasteiger partial charge in [0.05, 0.1) is 13.2 Å². The summed E-state index contributed by atoms with van der Waals surface area (Å²) >= 11 is 0. The molecule has 19 heavy (non-hydrogen) atoms. The van der Waals surface area contributed by atoms with Crippen LogP contribution in [0.15, 0.2) is 6.07 Å². The molecule has 1 aromatic heterocycles. The predicted octanol–water partition coefficient (Wildman–Crippen LogP) is 2.74. The molecule has 4 nitrogen and oxygen atoms in total. The molecule has 6 heteroatoms. The number of nitrogens with zero attached hydrogens (tertiary/aromatic N) is 1. The van der Waals surface area contributed by atoms with E-state index in [-0.39, 0.29) is 17.8 Å². The zero-order chi connectivity index (χ0) is 13.7. The topological polar surface area (TPSA) is 43.4 Å². The first-order valence-electron chi connectivity index (χ1n) is 6.55. The molecule has 0 spiro atoms. The Hall–Kier alpha value is -1.43. The van der Waals surface area contributed by atoms with Crippen LogP contribution >= 0.6 is 0 Å². The third-order valence-corrected chi connectivity index (χ3v) is 2.89. The van der Waals surface area contributed by atoms with E-state index in [0.29, 0.717) is 32.6 Å². The predicted molar refractivity (Wildman–Crippen MR) is 67.4 cm³/mol. The number of rotatable bonds is 5. The van der Waals surface area contributed by atoms with Crippen molar-refractivity contribution in [3.8, 4) is 5.88 Å². The van der Waals surface area contributed by atoms with Crippen molar-refractivity contribution in [2.45, 2.75) is 32.3 Å². The lowest BCUT2D eigenvalue weighted by atomic mass is 10.1. The Morgan fingerprint density at radius 3 is 2.79 bits per heavy atom. The normalized spacial score (nSPS) is 16.4. The minimum absolute atomic E-state index is 0.0327. The highest BCUT2D eigenvalue weighted by molar-refractivity contribution is 5.39. The van der Waals surface area contributed by atoms with E-state index in [9.17, 15) is 8.78 Å². The van der Waals surface area contributed by atoms with Gasteiger partial charge in [0.1, 0.15) is 6.10 Å². The van der Waals surface area contributed by atoms with Crippen LogP contribution in [-0.4, -0.2) is 30.8 Å². The molecule has 1 aromatic rings. The maximum atomic E-state index is 13.6. The number of hydrogen-bond donors (Lipinski definition) is 1. The summed E-state index contributed by atoms with van der Waals surface area (Å²) in [5.41, 5.74) is 0. The number of pyridine rings is 1. The molecular weight excluding hydrogens is 254 g/mol.